The van der Waals surface area contributed by atoms with E-state index in [1.807, 2.05) is 27.7 Å². The molecule has 0 bridgehead atoms. The number of ether oxygens (including phenoxy) is 2. The summed E-state index contributed by atoms with van der Waals surface area (Å²) < 4.78 is 11.2. The molecule has 22 heavy (non-hydrogen) atoms. The Kier molecular flexibility index (Phi) is 7.70. The minimum absolute atomic E-state index is 0.401. The molecule has 0 saturated carbocycles. The van der Waals surface area contributed by atoms with Crippen LogP contribution in [0.1, 0.15) is 55.4 Å². The van der Waals surface area contributed by atoms with E-state index in [1.165, 1.54) is 0 Å². The van der Waals surface area contributed by atoms with Crippen molar-refractivity contribution in [3.05, 3.63) is 0 Å². The van der Waals surface area contributed by atoms with Gasteiger partial charge in [-0.3, -0.25) is 0 Å². The van der Waals surface area contributed by atoms with Crippen molar-refractivity contribution in [2.45, 2.75) is 66.6 Å². The Bertz CT molecular complexity index is 336. The molecular formula is C16H32N2O4. The lowest BCUT2D eigenvalue weighted by molar-refractivity contribution is -0.127. The van der Waals surface area contributed by atoms with Gasteiger partial charge in [0.2, 0.25) is 0 Å². The van der Waals surface area contributed by atoms with Gasteiger partial charge < -0.3 is 19.3 Å². The van der Waals surface area contributed by atoms with Gasteiger partial charge in [0.15, 0.2) is 0 Å². The van der Waals surface area contributed by atoms with Crippen LogP contribution in [-0.4, -0.2) is 59.4 Å². The van der Waals surface area contributed by atoms with E-state index in [0.29, 0.717) is 26.2 Å². The van der Waals surface area contributed by atoms with Gasteiger partial charge in [-0.1, -0.05) is 0 Å². The summed E-state index contributed by atoms with van der Waals surface area (Å²) >= 11 is 0. The molecule has 0 aromatic rings. The molecule has 0 aromatic heterocycles. The summed E-state index contributed by atoms with van der Waals surface area (Å²) in [5, 5.41) is 0. The summed E-state index contributed by atoms with van der Waals surface area (Å²) in [6.45, 7) is 16.9. The summed E-state index contributed by atoms with van der Waals surface area (Å²) in [6.07, 6.45) is -0.802. The zero-order valence-corrected chi connectivity index (χ0v) is 15.4. The summed E-state index contributed by atoms with van der Waals surface area (Å²) in [5.74, 6) is 0. The average molecular weight is 316 g/mol. The van der Waals surface area contributed by atoms with Crippen LogP contribution in [-0.2, 0) is 9.47 Å². The second-order valence-electron chi connectivity index (χ2n) is 6.10. The molecule has 0 N–H and O–H groups in total. The summed E-state index contributed by atoms with van der Waals surface area (Å²) in [5.41, 5.74) is -1.90. The van der Waals surface area contributed by atoms with Gasteiger partial charge in [0.25, 0.3) is 0 Å². The number of hydrogen-bond acceptors (Lipinski definition) is 4. The van der Waals surface area contributed by atoms with E-state index in [-0.39, 0.29) is 0 Å². The molecule has 0 atom stereocenters. The van der Waals surface area contributed by atoms with E-state index in [9.17, 15) is 9.59 Å². The fourth-order valence-electron chi connectivity index (χ4n) is 1.78. The van der Waals surface area contributed by atoms with E-state index >= 15 is 0 Å². The predicted molar refractivity (Wildman–Crippen MR) is 87.0 cm³/mol. The Morgan fingerprint density at radius 3 is 1.09 bits per heavy atom. The molecular weight excluding hydrogens is 284 g/mol. The molecule has 0 aliphatic heterocycles. The normalized spacial score (nSPS) is 11.8. The molecule has 0 saturated heterocycles. The van der Waals surface area contributed by atoms with Gasteiger partial charge in [-0.2, -0.15) is 0 Å². The van der Waals surface area contributed by atoms with Crippen LogP contribution in [0.5, 0.6) is 0 Å². The molecule has 2 amide bonds. The first-order valence-corrected chi connectivity index (χ1v) is 8.02. The van der Waals surface area contributed by atoms with Crippen LogP contribution in [0.4, 0.5) is 9.59 Å². The SMILES string of the molecule is CCN(CC)C(=O)OC(C)(C)C(C)(C)OC(=O)N(CC)CC. The molecule has 0 spiro atoms. The molecule has 0 radical (unpaired) electrons. The zero-order valence-electron chi connectivity index (χ0n) is 15.4. The molecule has 0 aromatic carbocycles. The van der Waals surface area contributed by atoms with E-state index in [1.54, 1.807) is 37.5 Å². The van der Waals surface area contributed by atoms with E-state index in [4.69, 9.17) is 9.47 Å². The number of hydrogen-bond donors (Lipinski definition) is 0. The van der Waals surface area contributed by atoms with E-state index in [0.717, 1.165) is 0 Å². The van der Waals surface area contributed by atoms with Gasteiger partial charge in [0.1, 0.15) is 11.2 Å². The number of carbonyl (C=O) groups excluding carboxylic acids is 2. The highest BCUT2D eigenvalue weighted by Gasteiger charge is 2.45. The third kappa shape index (κ3) is 5.07. The number of carbonyl (C=O) groups is 2. The maximum Gasteiger partial charge on any atom is 0.410 e. The van der Waals surface area contributed by atoms with Gasteiger partial charge in [0, 0.05) is 26.2 Å². The van der Waals surface area contributed by atoms with Crippen LogP contribution >= 0.6 is 0 Å². The van der Waals surface area contributed by atoms with Crippen molar-refractivity contribution in [2.75, 3.05) is 26.2 Å². The first kappa shape index (κ1) is 20.5. The van der Waals surface area contributed by atoms with Crippen molar-refractivity contribution in [3.8, 4) is 0 Å². The Balaban J connectivity index is 5.00. The Labute approximate surface area is 134 Å². The third-order valence-electron chi connectivity index (χ3n) is 4.18. The molecule has 0 fully saturated rings. The maximum absolute atomic E-state index is 12.2. The number of nitrogens with zero attached hydrogens (tertiary/aromatic N) is 2. The van der Waals surface area contributed by atoms with Crippen molar-refractivity contribution in [3.63, 3.8) is 0 Å². The third-order valence-corrected chi connectivity index (χ3v) is 4.18. The molecule has 0 unspecified atom stereocenters. The highest BCUT2D eigenvalue weighted by atomic mass is 16.6. The molecule has 6 heteroatoms. The Morgan fingerprint density at radius 2 is 0.909 bits per heavy atom. The van der Waals surface area contributed by atoms with Gasteiger partial charge in [0.05, 0.1) is 0 Å². The van der Waals surface area contributed by atoms with E-state index < -0.39 is 23.4 Å². The largest absolute Gasteiger partial charge is 0.439 e. The van der Waals surface area contributed by atoms with Crippen LogP contribution in [0.15, 0.2) is 0 Å². The first-order valence-electron chi connectivity index (χ1n) is 8.02. The van der Waals surface area contributed by atoms with E-state index in [2.05, 4.69) is 0 Å². The standard InChI is InChI=1S/C16H32N2O4/c1-9-17(10-2)13(19)21-15(5,6)16(7,8)22-14(20)18(11-3)12-4/h9-12H2,1-8H3. The predicted octanol–water partition coefficient (Wildman–Crippen LogP) is 3.50. The van der Waals surface area contributed by atoms with Crippen molar-refractivity contribution >= 4 is 12.2 Å². The topological polar surface area (TPSA) is 59.1 Å². The second-order valence-corrected chi connectivity index (χ2v) is 6.10. The average Bonchev–Trinajstić information content (AvgIpc) is 2.40. The fourth-order valence-corrected chi connectivity index (χ4v) is 1.78. The number of amides is 2. The monoisotopic (exact) mass is 316 g/mol. The summed E-state index contributed by atoms with van der Waals surface area (Å²) in [6, 6.07) is 0. The lowest BCUT2D eigenvalue weighted by Crippen LogP contribution is -2.54. The summed E-state index contributed by atoms with van der Waals surface area (Å²) in [7, 11) is 0. The lowest BCUT2D eigenvalue weighted by Gasteiger charge is -2.41. The molecule has 0 rings (SSSR count). The van der Waals surface area contributed by atoms with Gasteiger partial charge in [-0.15, -0.1) is 0 Å². The van der Waals surface area contributed by atoms with Gasteiger partial charge in [-0.05, 0) is 55.4 Å². The smallest absolute Gasteiger partial charge is 0.410 e. The fraction of sp³-hybridized carbons (Fsp3) is 0.875. The molecule has 0 heterocycles. The van der Waals surface area contributed by atoms with Crippen molar-refractivity contribution in [2.24, 2.45) is 0 Å². The number of rotatable bonds is 7. The van der Waals surface area contributed by atoms with Crippen molar-refractivity contribution in [1.82, 2.24) is 9.80 Å². The van der Waals surface area contributed by atoms with Crippen LogP contribution in [0.3, 0.4) is 0 Å². The van der Waals surface area contributed by atoms with Crippen molar-refractivity contribution in [1.29, 1.82) is 0 Å². The molecule has 130 valence electrons. The van der Waals surface area contributed by atoms with Crippen molar-refractivity contribution < 1.29 is 19.1 Å². The molecule has 6 nitrogen and oxygen atoms in total. The van der Waals surface area contributed by atoms with Crippen LogP contribution in [0.25, 0.3) is 0 Å². The minimum atomic E-state index is -0.949. The highest BCUT2D eigenvalue weighted by Crippen LogP contribution is 2.30. The maximum atomic E-state index is 12.2. The lowest BCUT2D eigenvalue weighted by atomic mass is 9.89. The van der Waals surface area contributed by atoms with Gasteiger partial charge >= 0.3 is 12.2 Å². The summed E-state index contributed by atoms with van der Waals surface area (Å²) in [4.78, 5) is 27.5. The second kappa shape index (κ2) is 8.25. The van der Waals surface area contributed by atoms with Crippen LogP contribution in [0, 0.1) is 0 Å². The first-order chi connectivity index (χ1) is 10.1. The Morgan fingerprint density at radius 1 is 0.682 bits per heavy atom. The van der Waals surface area contributed by atoms with Crippen LogP contribution in [0.2, 0.25) is 0 Å². The van der Waals surface area contributed by atoms with Crippen LogP contribution < -0.4 is 0 Å². The quantitative estimate of drug-likeness (QED) is 0.721. The zero-order chi connectivity index (χ0) is 17.6. The van der Waals surface area contributed by atoms with Gasteiger partial charge in [-0.25, -0.2) is 9.59 Å². The highest BCUT2D eigenvalue weighted by molar-refractivity contribution is 5.69. The molecule has 0 aliphatic carbocycles. The Hall–Kier alpha value is -1.46. The minimum Gasteiger partial charge on any atom is -0.439 e. The molecule has 0 aliphatic rings.